The van der Waals surface area contributed by atoms with Gasteiger partial charge in [-0.2, -0.15) is 4.31 Å². The molecule has 1 aliphatic rings. The van der Waals surface area contributed by atoms with E-state index in [0.29, 0.717) is 30.1 Å². The highest BCUT2D eigenvalue weighted by Gasteiger charge is 2.33. The lowest BCUT2D eigenvalue weighted by Gasteiger charge is -2.31. The Labute approximate surface area is 165 Å². The average molecular weight is 407 g/mol. The molecule has 1 fully saturated rings. The van der Waals surface area contributed by atoms with E-state index in [-0.39, 0.29) is 17.9 Å². The molecule has 0 bridgehead atoms. The van der Waals surface area contributed by atoms with Gasteiger partial charge in [0, 0.05) is 19.0 Å². The number of nitrogens with zero attached hydrogens (tertiary/aromatic N) is 1. The number of carbonyl (C=O) groups excluding carboxylic acids is 1. The zero-order chi connectivity index (χ0) is 19.4. The minimum Gasteiger partial charge on any atom is -0.349 e. The fourth-order valence-electron chi connectivity index (χ4n) is 3.41. The van der Waals surface area contributed by atoms with Gasteiger partial charge in [-0.1, -0.05) is 42.8 Å². The van der Waals surface area contributed by atoms with Gasteiger partial charge in [-0.25, -0.2) is 8.42 Å². The van der Waals surface area contributed by atoms with Gasteiger partial charge in [0.25, 0.3) is 10.0 Å². The van der Waals surface area contributed by atoms with Crippen LogP contribution in [0, 0.1) is 12.8 Å². The molecule has 0 unspecified atom stereocenters. The normalized spacial score (nSPS) is 17.6. The molecule has 1 amide bonds. The molecule has 1 saturated heterocycles. The highest BCUT2D eigenvalue weighted by Crippen LogP contribution is 2.27. The van der Waals surface area contributed by atoms with E-state index in [1.165, 1.54) is 21.2 Å². The first-order valence-electron chi connectivity index (χ1n) is 9.32. The number of amides is 1. The third-order valence-corrected chi connectivity index (χ3v) is 8.39. The van der Waals surface area contributed by atoms with E-state index in [4.69, 9.17) is 0 Å². The van der Waals surface area contributed by atoms with E-state index in [2.05, 4.69) is 36.5 Å². The summed E-state index contributed by atoms with van der Waals surface area (Å²) in [5.41, 5.74) is 2.30. The zero-order valence-corrected chi connectivity index (χ0v) is 17.4. The molecular formula is C20H26N2O3S2. The van der Waals surface area contributed by atoms with Crippen LogP contribution in [-0.2, 0) is 14.8 Å². The number of piperidine rings is 1. The molecule has 0 radical (unpaired) electrons. The van der Waals surface area contributed by atoms with Crippen LogP contribution in [0.4, 0.5) is 0 Å². The van der Waals surface area contributed by atoms with Gasteiger partial charge in [-0.05, 0) is 43.2 Å². The Morgan fingerprint density at radius 2 is 1.89 bits per heavy atom. The molecule has 1 aromatic heterocycles. The van der Waals surface area contributed by atoms with Crippen molar-refractivity contribution >= 4 is 27.3 Å². The molecule has 2 aromatic rings. The molecule has 7 heteroatoms. The Bertz CT molecular complexity index is 853. The van der Waals surface area contributed by atoms with Crippen LogP contribution in [0.3, 0.4) is 0 Å². The molecule has 0 aliphatic carbocycles. The van der Waals surface area contributed by atoms with E-state index < -0.39 is 10.0 Å². The van der Waals surface area contributed by atoms with Crippen molar-refractivity contribution in [1.29, 1.82) is 0 Å². The van der Waals surface area contributed by atoms with Crippen molar-refractivity contribution in [2.45, 2.75) is 43.4 Å². The van der Waals surface area contributed by atoms with E-state index in [1.807, 2.05) is 6.92 Å². The quantitative estimate of drug-likeness (QED) is 0.795. The van der Waals surface area contributed by atoms with E-state index in [1.54, 1.807) is 17.5 Å². The Kier molecular flexibility index (Phi) is 6.34. The topological polar surface area (TPSA) is 66.5 Å². The third kappa shape index (κ3) is 4.59. The molecule has 0 spiro atoms. The van der Waals surface area contributed by atoms with E-state index >= 15 is 0 Å². The van der Waals surface area contributed by atoms with Crippen molar-refractivity contribution in [2.75, 3.05) is 13.1 Å². The highest BCUT2D eigenvalue weighted by atomic mass is 32.2. The Morgan fingerprint density at radius 1 is 1.22 bits per heavy atom. The minimum absolute atomic E-state index is 0.00835. The fraction of sp³-hybridized carbons (Fsp3) is 0.450. The maximum atomic E-state index is 12.7. The first kappa shape index (κ1) is 20.0. The van der Waals surface area contributed by atoms with E-state index in [0.717, 1.165) is 12.0 Å². The number of hydrogen-bond acceptors (Lipinski definition) is 4. The molecule has 3 rings (SSSR count). The summed E-state index contributed by atoms with van der Waals surface area (Å²) < 4.78 is 27.1. The Hall–Kier alpha value is -1.70. The number of aryl methyl sites for hydroxylation is 1. The first-order valence-corrected chi connectivity index (χ1v) is 11.6. The molecule has 0 saturated carbocycles. The van der Waals surface area contributed by atoms with Crippen LogP contribution in [0.2, 0.25) is 0 Å². The van der Waals surface area contributed by atoms with Crippen LogP contribution >= 0.6 is 11.3 Å². The number of hydrogen-bond donors (Lipinski definition) is 1. The van der Waals surface area contributed by atoms with Crippen LogP contribution in [-0.4, -0.2) is 31.7 Å². The predicted molar refractivity (Wildman–Crippen MR) is 108 cm³/mol. The molecule has 146 valence electrons. The van der Waals surface area contributed by atoms with Crippen LogP contribution < -0.4 is 5.32 Å². The van der Waals surface area contributed by atoms with Gasteiger partial charge < -0.3 is 5.32 Å². The van der Waals surface area contributed by atoms with Crippen LogP contribution in [0.15, 0.2) is 46.0 Å². The number of thiophene rings is 1. The average Bonchev–Trinajstić information content (AvgIpc) is 3.22. The maximum absolute atomic E-state index is 12.7. The molecule has 5 nitrogen and oxygen atoms in total. The Morgan fingerprint density at radius 3 is 2.44 bits per heavy atom. The Balaban J connectivity index is 1.59. The number of carbonyl (C=O) groups is 1. The van der Waals surface area contributed by atoms with Crippen LogP contribution in [0.25, 0.3) is 0 Å². The monoisotopic (exact) mass is 406 g/mol. The van der Waals surface area contributed by atoms with Gasteiger partial charge in [0.15, 0.2) is 0 Å². The largest absolute Gasteiger partial charge is 0.349 e. The molecule has 2 heterocycles. The lowest BCUT2D eigenvalue weighted by Crippen LogP contribution is -2.43. The maximum Gasteiger partial charge on any atom is 0.252 e. The molecule has 1 atom stereocenters. The third-order valence-electron chi connectivity index (χ3n) is 5.12. The lowest BCUT2D eigenvalue weighted by atomic mass is 9.95. The second-order valence-corrected chi connectivity index (χ2v) is 10.1. The summed E-state index contributed by atoms with van der Waals surface area (Å²) in [5.74, 6) is -0.116. The molecule has 1 aromatic carbocycles. The van der Waals surface area contributed by atoms with Crippen molar-refractivity contribution in [3.8, 4) is 0 Å². The number of benzene rings is 1. The lowest BCUT2D eigenvalue weighted by molar-refractivity contribution is -0.126. The second kappa shape index (κ2) is 8.54. The summed E-state index contributed by atoms with van der Waals surface area (Å²) in [4.78, 5) is 12.7. The first-order chi connectivity index (χ1) is 12.9. The number of sulfonamides is 1. The van der Waals surface area contributed by atoms with Gasteiger partial charge in [-0.15, -0.1) is 11.3 Å². The summed E-state index contributed by atoms with van der Waals surface area (Å²) in [6, 6.07) is 11.6. The van der Waals surface area contributed by atoms with Crippen molar-refractivity contribution < 1.29 is 13.2 Å². The number of rotatable bonds is 6. The minimum atomic E-state index is -3.42. The standard InChI is InChI=1S/C20H26N2O3S2/c1-3-18(16-8-6-15(2)7-9-16)21-20(23)17-10-12-22(13-11-17)27(24,25)19-5-4-14-26-19/h4-9,14,17-18H,3,10-13H2,1-2H3,(H,21,23)/t18-/m1/s1. The second-order valence-electron chi connectivity index (χ2n) is 6.99. The van der Waals surface area contributed by atoms with Gasteiger partial charge in [0.05, 0.1) is 6.04 Å². The van der Waals surface area contributed by atoms with Gasteiger partial charge in [0.1, 0.15) is 4.21 Å². The summed E-state index contributed by atoms with van der Waals surface area (Å²) in [6.45, 7) is 4.88. The fourth-order valence-corrected chi connectivity index (χ4v) is 6.02. The molecule has 1 N–H and O–H groups in total. The van der Waals surface area contributed by atoms with Crippen LogP contribution in [0.5, 0.6) is 0 Å². The summed E-state index contributed by atoms with van der Waals surface area (Å²) in [7, 11) is -3.42. The van der Waals surface area contributed by atoms with Crippen molar-refractivity contribution in [2.24, 2.45) is 5.92 Å². The van der Waals surface area contributed by atoms with Crippen molar-refractivity contribution in [1.82, 2.24) is 9.62 Å². The van der Waals surface area contributed by atoms with Gasteiger partial charge in [-0.3, -0.25) is 4.79 Å². The van der Waals surface area contributed by atoms with Crippen molar-refractivity contribution in [3.63, 3.8) is 0 Å². The smallest absolute Gasteiger partial charge is 0.252 e. The summed E-state index contributed by atoms with van der Waals surface area (Å²) in [5, 5.41) is 4.92. The molecule has 1 aliphatic heterocycles. The van der Waals surface area contributed by atoms with Crippen LogP contribution in [0.1, 0.15) is 43.4 Å². The molecule has 27 heavy (non-hydrogen) atoms. The SMILES string of the molecule is CC[C@@H](NC(=O)C1CCN(S(=O)(=O)c2cccs2)CC1)c1ccc(C)cc1. The summed E-state index contributed by atoms with van der Waals surface area (Å²) >= 11 is 1.23. The highest BCUT2D eigenvalue weighted by molar-refractivity contribution is 7.91. The van der Waals surface area contributed by atoms with E-state index in [9.17, 15) is 13.2 Å². The van der Waals surface area contributed by atoms with Gasteiger partial charge in [0.2, 0.25) is 5.91 Å². The predicted octanol–water partition coefficient (Wildman–Crippen LogP) is 3.72. The number of nitrogens with one attached hydrogen (secondary N) is 1. The zero-order valence-electron chi connectivity index (χ0n) is 15.7. The van der Waals surface area contributed by atoms with Crippen molar-refractivity contribution in [3.05, 3.63) is 52.9 Å². The van der Waals surface area contributed by atoms with Gasteiger partial charge >= 0.3 is 0 Å². The molecular weight excluding hydrogens is 380 g/mol. The summed E-state index contributed by atoms with van der Waals surface area (Å²) in [6.07, 6.45) is 1.93.